The third-order valence-electron chi connectivity index (χ3n) is 6.07. The predicted octanol–water partition coefficient (Wildman–Crippen LogP) is 1.88. The van der Waals surface area contributed by atoms with Crippen molar-refractivity contribution in [1.29, 1.82) is 0 Å². The number of aryl methyl sites for hydroxylation is 2. The van der Waals surface area contributed by atoms with Gasteiger partial charge >= 0.3 is 0 Å². The van der Waals surface area contributed by atoms with Crippen molar-refractivity contribution >= 4 is 37.2 Å². The Balaban J connectivity index is 1.38. The number of thiophene rings is 1. The number of nitrogens with zero attached hydrogens (tertiary/aromatic N) is 4. The van der Waals surface area contributed by atoms with Gasteiger partial charge in [0.25, 0.3) is 0 Å². The summed E-state index contributed by atoms with van der Waals surface area (Å²) < 4.78 is 23.5. The average molecular weight is 393 g/mol. The molecule has 3 aliphatic rings. The van der Waals surface area contributed by atoms with Crippen molar-refractivity contribution < 1.29 is 8.42 Å². The topological polar surface area (TPSA) is 66.4 Å². The highest BCUT2D eigenvalue weighted by Crippen LogP contribution is 2.39. The van der Waals surface area contributed by atoms with Crippen molar-refractivity contribution in [2.24, 2.45) is 0 Å². The quantitative estimate of drug-likeness (QED) is 0.777. The van der Waals surface area contributed by atoms with Gasteiger partial charge in [-0.2, -0.15) is 0 Å². The molecule has 8 heteroatoms. The highest BCUT2D eigenvalue weighted by molar-refractivity contribution is 7.91. The summed E-state index contributed by atoms with van der Waals surface area (Å²) in [4.78, 5) is 16.6. The molecule has 5 rings (SSSR count). The number of hydrogen-bond acceptors (Lipinski definition) is 7. The molecule has 0 unspecified atom stereocenters. The van der Waals surface area contributed by atoms with Crippen LogP contribution in [-0.2, 0) is 22.7 Å². The molecule has 0 radical (unpaired) electrons. The van der Waals surface area contributed by atoms with Crippen molar-refractivity contribution in [3.8, 4) is 0 Å². The molecule has 1 aliphatic carbocycles. The minimum atomic E-state index is -2.82. The third kappa shape index (κ3) is 2.92. The molecule has 2 fully saturated rings. The van der Waals surface area contributed by atoms with Gasteiger partial charge in [-0.25, -0.2) is 18.4 Å². The van der Waals surface area contributed by atoms with E-state index in [0.717, 1.165) is 49.7 Å². The van der Waals surface area contributed by atoms with Gasteiger partial charge in [-0.05, 0) is 37.7 Å². The van der Waals surface area contributed by atoms with Crippen molar-refractivity contribution in [2.75, 3.05) is 42.6 Å². The van der Waals surface area contributed by atoms with Gasteiger partial charge in [0.1, 0.15) is 17.0 Å². The number of sulfone groups is 1. The molecule has 0 N–H and O–H groups in total. The lowest BCUT2D eigenvalue weighted by molar-refractivity contribution is 0.200. The van der Waals surface area contributed by atoms with Crippen LogP contribution in [0.4, 0.5) is 5.82 Å². The van der Waals surface area contributed by atoms with E-state index in [1.54, 1.807) is 6.33 Å². The Kier molecular flexibility index (Phi) is 4.17. The maximum Gasteiger partial charge on any atom is 0.151 e. The summed E-state index contributed by atoms with van der Waals surface area (Å²) >= 11 is 1.84. The first-order chi connectivity index (χ1) is 12.6. The first-order valence-corrected chi connectivity index (χ1v) is 12.2. The Morgan fingerprint density at radius 3 is 2.65 bits per heavy atom. The number of aromatic nitrogens is 2. The summed E-state index contributed by atoms with van der Waals surface area (Å²) in [6.45, 7) is 3.65. The molecule has 0 spiro atoms. The van der Waals surface area contributed by atoms with Crippen molar-refractivity contribution in [1.82, 2.24) is 14.9 Å². The van der Waals surface area contributed by atoms with E-state index in [0.29, 0.717) is 11.5 Å². The minimum Gasteiger partial charge on any atom is -0.353 e. The lowest BCUT2D eigenvalue weighted by atomic mass is 9.97. The van der Waals surface area contributed by atoms with Crippen LogP contribution in [0.15, 0.2) is 6.33 Å². The number of anilines is 1. The molecule has 2 aromatic rings. The predicted molar refractivity (Wildman–Crippen MR) is 105 cm³/mol. The lowest BCUT2D eigenvalue weighted by Gasteiger charge is -2.38. The lowest BCUT2D eigenvalue weighted by Crippen LogP contribution is -2.51. The van der Waals surface area contributed by atoms with Crippen LogP contribution in [-0.4, -0.2) is 67.0 Å². The average Bonchev–Trinajstić information content (AvgIpc) is 3.21. The van der Waals surface area contributed by atoms with Gasteiger partial charge in [-0.3, -0.25) is 4.90 Å². The van der Waals surface area contributed by atoms with E-state index in [1.807, 2.05) is 11.3 Å². The monoisotopic (exact) mass is 392 g/mol. The zero-order chi connectivity index (χ0) is 17.7. The normalized spacial score (nSPS) is 26.3. The van der Waals surface area contributed by atoms with Crippen LogP contribution in [0.25, 0.3) is 10.2 Å². The van der Waals surface area contributed by atoms with Gasteiger partial charge in [0.2, 0.25) is 0 Å². The van der Waals surface area contributed by atoms with Gasteiger partial charge in [0, 0.05) is 37.1 Å². The summed E-state index contributed by atoms with van der Waals surface area (Å²) in [5.41, 5.74) is 1.48. The standard InChI is InChI=1S/C18H24N4O2S2/c23-26(24)10-5-13(11-26)21-6-8-22(9-7-21)17-16-14-3-1-2-4-15(14)25-18(16)20-12-19-17/h12-13H,1-11H2/t13-/m0/s1. The molecular formula is C18H24N4O2S2. The van der Waals surface area contributed by atoms with E-state index in [4.69, 9.17) is 0 Å². The molecule has 1 atom stereocenters. The maximum absolute atomic E-state index is 11.8. The molecule has 2 aromatic heterocycles. The molecule has 0 saturated carbocycles. The Bertz CT molecular complexity index is 932. The summed E-state index contributed by atoms with van der Waals surface area (Å²) in [6, 6.07) is 0.210. The molecule has 0 aromatic carbocycles. The van der Waals surface area contributed by atoms with Crippen LogP contribution in [0.2, 0.25) is 0 Å². The largest absolute Gasteiger partial charge is 0.353 e. The summed E-state index contributed by atoms with van der Waals surface area (Å²) in [5, 5.41) is 1.28. The molecule has 140 valence electrons. The van der Waals surface area contributed by atoms with E-state index < -0.39 is 9.84 Å². The summed E-state index contributed by atoms with van der Waals surface area (Å²) in [5.74, 6) is 1.78. The smallest absolute Gasteiger partial charge is 0.151 e. The maximum atomic E-state index is 11.8. The van der Waals surface area contributed by atoms with Gasteiger partial charge in [0.15, 0.2) is 9.84 Å². The summed E-state index contributed by atoms with van der Waals surface area (Å²) in [7, 11) is -2.82. The van der Waals surface area contributed by atoms with E-state index in [-0.39, 0.29) is 6.04 Å². The van der Waals surface area contributed by atoms with Crippen molar-refractivity contribution in [3.63, 3.8) is 0 Å². The second-order valence-corrected chi connectivity index (χ2v) is 11.0. The molecule has 0 bridgehead atoms. The van der Waals surface area contributed by atoms with Gasteiger partial charge in [0.05, 0.1) is 16.9 Å². The van der Waals surface area contributed by atoms with Crippen molar-refractivity contribution in [2.45, 2.75) is 38.1 Å². The van der Waals surface area contributed by atoms with Gasteiger partial charge in [-0.1, -0.05) is 0 Å². The second kappa shape index (κ2) is 6.42. The molecule has 26 heavy (non-hydrogen) atoms. The van der Waals surface area contributed by atoms with Crippen LogP contribution < -0.4 is 4.90 Å². The summed E-state index contributed by atoms with van der Waals surface area (Å²) in [6.07, 6.45) is 7.37. The Morgan fingerprint density at radius 1 is 1.08 bits per heavy atom. The molecule has 6 nitrogen and oxygen atoms in total. The highest BCUT2D eigenvalue weighted by atomic mass is 32.2. The molecule has 2 saturated heterocycles. The van der Waals surface area contributed by atoms with Crippen molar-refractivity contribution in [3.05, 3.63) is 16.8 Å². The number of fused-ring (bicyclic) bond motifs is 3. The molecule has 2 aliphatic heterocycles. The highest BCUT2D eigenvalue weighted by Gasteiger charge is 2.34. The first-order valence-electron chi connectivity index (χ1n) is 9.55. The zero-order valence-electron chi connectivity index (χ0n) is 14.9. The Labute approximate surface area is 158 Å². The SMILES string of the molecule is O=S1(=O)CC[C@H](N2CCN(c3ncnc4sc5c(c34)CCCC5)CC2)C1. The fourth-order valence-electron chi connectivity index (χ4n) is 4.68. The fourth-order valence-corrected chi connectivity index (χ4v) is 7.66. The molecule has 4 heterocycles. The van der Waals surface area contributed by atoms with Gasteiger partial charge in [-0.15, -0.1) is 11.3 Å². The van der Waals surface area contributed by atoms with Gasteiger partial charge < -0.3 is 4.90 Å². The number of hydrogen-bond donors (Lipinski definition) is 0. The third-order valence-corrected chi connectivity index (χ3v) is 9.02. The van der Waals surface area contributed by atoms with E-state index in [2.05, 4.69) is 19.8 Å². The molecule has 0 amide bonds. The Hall–Kier alpha value is -1.25. The first kappa shape index (κ1) is 16.9. The number of rotatable bonds is 2. The van der Waals surface area contributed by atoms with E-state index >= 15 is 0 Å². The van der Waals surface area contributed by atoms with E-state index in [9.17, 15) is 8.42 Å². The fraction of sp³-hybridized carbons (Fsp3) is 0.667. The molecular weight excluding hydrogens is 368 g/mol. The zero-order valence-corrected chi connectivity index (χ0v) is 16.5. The van der Waals surface area contributed by atoms with Crippen LogP contribution in [0.3, 0.4) is 0 Å². The van der Waals surface area contributed by atoms with Crippen LogP contribution in [0.1, 0.15) is 29.7 Å². The number of piperazine rings is 1. The minimum absolute atomic E-state index is 0.210. The van der Waals surface area contributed by atoms with Crippen LogP contribution in [0, 0.1) is 0 Å². The van der Waals surface area contributed by atoms with E-state index in [1.165, 1.54) is 35.1 Å². The van der Waals surface area contributed by atoms with Crippen LogP contribution >= 0.6 is 11.3 Å². The van der Waals surface area contributed by atoms with Crippen LogP contribution in [0.5, 0.6) is 0 Å². The second-order valence-electron chi connectivity index (χ2n) is 7.67. The Morgan fingerprint density at radius 2 is 1.88 bits per heavy atom.